The monoisotopic (exact) mass is 250 g/mol. The molecule has 0 aliphatic heterocycles. The number of hydrogen-bond acceptors (Lipinski definition) is 3. The van der Waals surface area contributed by atoms with E-state index in [0.717, 1.165) is 24.6 Å². The summed E-state index contributed by atoms with van der Waals surface area (Å²) in [6, 6.07) is 1.11. The fourth-order valence-corrected chi connectivity index (χ4v) is 3.06. The summed E-state index contributed by atoms with van der Waals surface area (Å²) in [5, 5.41) is 12.1. The third-order valence-electron chi connectivity index (χ3n) is 3.92. The molecule has 18 heavy (non-hydrogen) atoms. The summed E-state index contributed by atoms with van der Waals surface area (Å²) in [6.07, 6.45) is 7.66. The van der Waals surface area contributed by atoms with Crippen molar-refractivity contribution in [3.05, 3.63) is 11.6 Å². The minimum Gasteiger partial charge on any atom is -0.314 e. The summed E-state index contributed by atoms with van der Waals surface area (Å²) in [4.78, 5) is 0. The van der Waals surface area contributed by atoms with E-state index in [2.05, 4.69) is 40.9 Å². The topological polar surface area (TPSA) is 42.7 Å². The molecule has 0 aromatic carbocycles. The van der Waals surface area contributed by atoms with Gasteiger partial charge >= 0.3 is 0 Å². The van der Waals surface area contributed by atoms with E-state index in [0.29, 0.717) is 12.1 Å². The molecule has 1 fully saturated rings. The van der Waals surface area contributed by atoms with E-state index in [9.17, 15) is 0 Å². The van der Waals surface area contributed by atoms with Crippen molar-refractivity contribution in [3.63, 3.8) is 0 Å². The molecule has 1 unspecified atom stereocenters. The molecule has 1 aliphatic carbocycles. The predicted molar refractivity (Wildman–Crippen MR) is 73.7 cm³/mol. The molecule has 1 saturated carbocycles. The molecule has 1 aliphatic rings. The van der Waals surface area contributed by atoms with E-state index >= 15 is 0 Å². The number of nitrogens with one attached hydrogen (secondary N) is 1. The van der Waals surface area contributed by atoms with Crippen LogP contribution in [-0.2, 0) is 6.42 Å². The molecular formula is C14H26N4. The van der Waals surface area contributed by atoms with Crippen molar-refractivity contribution >= 4 is 0 Å². The molecule has 1 aromatic rings. The van der Waals surface area contributed by atoms with Gasteiger partial charge in [0.1, 0.15) is 11.6 Å². The highest BCUT2D eigenvalue weighted by Crippen LogP contribution is 2.29. The Labute approximate surface area is 110 Å². The molecule has 4 nitrogen and oxygen atoms in total. The van der Waals surface area contributed by atoms with Gasteiger partial charge in [0.05, 0.1) is 0 Å². The number of aromatic nitrogens is 3. The lowest BCUT2D eigenvalue weighted by Gasteiger charge is -2.26. The summed E-state index contributed by atoms with van der Waals surface area (Å²) < 4.78 is 2.40. The quantitative estimate of drug-likeness (QED) is 0.873. The first-order chi connectivity index (χ1) is 8.72. The maximum absolute atomic E-state index is 4.39. The van der Waals surface area contributed by atoms with Crippen LogP contribution in [-0.4, -0.2) is 27.4 Å². The van der Waals surface area contributed by atoms with Crippen LogP contribution in [0, 0.1) is 6.92 Å². The second kappa shape index (κ2) is 6.32. The molecule has 2 rings (SSSR count). The Kier molecular flexibility index (Phi) is 4.75. The first-order valence-electron chi connectivity index (χ1n) is 7.36. The van der Waals surface area contributed by atoms with E-state index in [4.69, 9.17) is 0 Å². The molecule has 4 heteroatoms. The molecular weight excluding hydrogens is 224 g/mol. The molecule has 0 spiro atoms. The van der Waals surface area contributed by atoms with E-state index in [1.54, 1.807) is 0 Å². The van der Waals surface area contributed by atoms with Gasteiger partial charge in [-0.3, -0.25) is 0 Å². The van der Waals surface area contributed by atoms with E-state index < -0.39 is 0 Å². The van der Waals surface area contributed by atoms with Crippen LogP contribution in [0.3, 0.4) is 0 Å². The molecule has 0 bridgehead atoms. The Morgan fingerprint density at radius 2 is 2.00 bits per heavy atom. The summed E-state index contributed by atoms with van der Waals surface area (Å²) in [7, 11) is 0. The van der Waals surface area contributed by atoms with Crippen LogP contribution in [0.4, 0.5) is 0 Å². The van der Waals surface area contributed by atoms with Crippen LogP contribution >= 0.6 is 0 Å². The number of rotatable bonds is 5. The Morgan fingerprint density at radius 3 is 2.67 bits per heavy atom. The van der Waals surface area contributed by atoms with Gasteiger partial charge in [-0.25, -0.2) is 0 Å². The SMILES string of the molecule is CCNC(C)Cc1nnc(C)n1C1CCCCC1. The van der Waals surface area contributed by atoms with E-state index in [1.807, 2.05) is 0 Å². The standard InChI is InChI=1S/C14H26N4/c1-4-15-11(2)10-14-17-16-12(3)18(14)13-8-6-5-7-9-13/h11,13,15H,4-10H2,1-3H3. The number of likely N-dealkylation sites (N-methyl/N-ethyl adjacent to an activating group) is 1. The second-order valence-electron chi connectivity index (χ2n) is 5.49. The van der Waals surface area contributed by atoms with Crippen molar-refractivity contribution in [1.29, 1.82) is 0 Å². The van der Waals surface area contributed by atoms with Gasteiger partial charge in [0.25, 0.3) is 0 Å². The summed E-state index contributed by atoms with van der Waals surface area (Å²) in [5.41, 5.74) is 0. The number of aryl methyl sites for hydroxylation is 1. The highest BCUT2D eigenvalue weighted by atomic mass is 15.3. The van der Waals surface area contributed by atoms with Gasteiger partial charge in [-0.15, -0.1) is 10.2 Å². The fraction of sp³-hybridized carbons (Fsp3) is 0.857. The van der Waals surface area contributed by atoms with Crippen molar-refractivity contribution < 1.29 is 0 Å². The lowest BCUT2D eigenvalue weighted by molar-refractivity contribution is 0.337. The van der Waals surface area contributed by atoms with Crippen molar-refractivity contribution in [2.45, 2.75) is 71.4 Å². The Bertz CT molecular complexity index is 366. The zero-order chi connectivity index (χ0) is 13.0. The normalized spacial score (nSPS) is 19.1. The maximum Gasteiger partial charge on any atom is 0.134 e. The minimum absolute atomic E-state index is 0.473. The van der Waals surface area contributed by atoms with Gasteiger partial charge in [-0.2, -0.15) is 0 Å². The third-order valence-corrected chi connectivity index (χ3v) is 3.92. The zero-order valence-corrected chi connectivity index (χ0v) is 11.9. The lowest BCUT2D eigenvalue weighted by Crippen LogP contribution is -2.29. The Morgan fingerprint density at radius 1 is 1.28 bits per heavy atom. The second-order valence-corrected chi connectivity index (χ2v) is 5.49. The number of hydrogen-bond donors (Lipinski definition) is 1. The van der Waals surface area contributed by atoms with Crippen molar-refractivity contribution in [2.75, 3.05) is 6.54 Å². The molecule has 1 atom stereocenters. The van der Waals surface area contributed by atoms with Crippen LogP contribution in [0.2, 0.25) is 0 Å². The predicted octanol–water partition coefficient (Wildman–Crippen LogP) is 2.63. The molecule has 102 valence electrons. The van der Waals surface area contributed by atoms with Gasteiger partial charge in [-0.05, 0) is 33.2 Å². The largest absolute Gasteiger partial charge is 0.314 e. The van der Waals surface area contributed by atoms with Crippen LogP contribution in [0.5, 0.6) is 0 Å². The van der Waals surface area contributed by atoms with Crippen LogP contribution in [0.15, 0.2) is 0 Å². The van der Waals surface area contributed by atoms with Gasteiger partial charge in [0.15, 0.2) is 0 Å². The van der Waals surface area contributed by atoms with Crippen LogP contribution < -0.4 is 5.32 Å². The van der Waals surface area contributed by atoms with Gasteiger partial charge in [0.2, 0.25) is 0 Å². The molecule has 1 aromatic heterocycles. The average molecular weight is 250 g/mol. The van der Waals surface area contributed by atoms with Gasteiger partial charge in [-0.1, -0.05) is 26.2 Å². The molecule has 1 heterocycles. The fourth-order valence-electron chi connectivity index (χ4n) is 3.06. The lowest BCUT2D eigenvalue weighted by atomic mass is 9.95. The molecule has 0 radical (unpaired) electrons. The molecule has 1 N–H and O–H groups in total. The van der Waals surface area contributed by atoms with Gasteiger partial charge in [0, 0.05) is 18.5 Å². The van der Waals surface area contributed by atoms with Crippen molar-refractivity contribution in [2.24, 2.45) is 0 Å². The first-order valence-corrected chi connectivity index (χ1v) is 7.36. The van der Waals surface area contributed by atoms with Crippen LogP contribution in [0.1, 0.15) is 63.6 Å². The summed E-state index contributed by atoms with van der Waals surface area (Å²) >= 11 is 0. The average Bonchev–Trinajstić information content (AvgIpc) is 2.72. The van der Waals surface area contributed by atoms with Crippen LogP contribution in [0.25, 0.3) is 0 Å². The minimum atomic E-state index is 0.473. The third kappa shape index (κ3) is 3.10. The number of nitrogens with zero attached hydrogens (tertiary/aromatic N) is 3. The zero-order valence-electron chi connectivity index (χ0n) is 11.9. The highest BCUT2D eigenvalue weighted by Gasteiger charge is 2.21. The summed E-state index contributed by atoms with van der Waals surface area (Å²) in [5.74, 6) is 2.24. The Balaban J connectivity index is 2.10. The van der Waals surface area contributed by atoms with E-state index in [-0.39, 0.29) is 0 Å². The Hall–Kier alpha value is -0.900. The molecule has 0 amide bonds. The maximum atomic E-state index is 4.39. The van der Waals surface area contributed by atoms with Crippen molar-refractivity contribution in [1.82, 2.24) is 20.1 Å². The summed E-state index contributed by atoms with van der Waals surface area (Å²) in [6.45, 7) is 7.47. The molecule has 0 saturated heterocycles. The first kappa shape index (κ1) is 13.5. The van der Waals surface area contributed by atoms with Gasteiger partial charge < -0.3 is 9.88 Å². The van der Waals surface area contributed by atoms with E-state index in [1.165, 1.54) is 32.1 Å². The van der Waals surface area contributed by atoms with Crippen molar-refractivity contribution in [3.8, 4) is 0 Å². The highest BCUT2D eigenvalue weighted by molar-refractivity contribution is 5.00. The smallest absolute Gasteiger partial charge is 0.134 e.